The molecule has 1 N–H and O–H groups in total. The number of aliphatic hydroxyl groups is 1. The van der Waals surface area contributed by atoms with E-state index in [-0.39, 0.29) is 0 Å². The summed E-state index contributed by atoms with van der Waals surface area (Å²) < 4.78 is 0. The van der Waals surface area contributed by atoms with Gasteiger partial charge in [-0.3, -0.25) is 4.90 Å². The van der Waals surface area contributed by atoms with Crippen LogP contribution < -0.4 is 0 Å². The predicted octanol–water partition coefficient (Wildman–Crippen LogP) is 1.93. The molecule has 1 aromatic carbocycles. The summed E-state index contributed by atoms with van der Waals surface area (Å²) in [4.78, 5) is 2.49. The van der Waals surface area contributed by atoms with Crippen molar-refractivity contribution in [2.24, 2.45) is 5.92 Å². The van der Waals surface area contributed by atoms with E-state index >= 15 is 0 Å². The van der Waals surface area contributed by atoms with E-state index in [2.05, 4.69) is 42.2 Å². The molecule has 2 heteroatoms. The van der Waals surface area contributed by atoms with Crippen molar-refractivity contribution in [3.8, 4) is 0 Å². The van der Waals surface area contributed by atoms with Gasteiger partial charge in [-0.1, -0.05) is 30.3 Å². The van der Waals surface area contributed by atoms with Gasteiger partial charge in [-0.2, -0.15) is 0 Å². The fourth-order valence-electron chi connectivity index (χ4n) is 2.58. The van der Waals surface area contributed by atoms with Gasteiger partial charge in [0.05, 0.1) is 0 Å². The van der Waals surface area contributed by atoms with Gasteiger partial charge < -0.3 is 5.11 Å². The second kappa shape index (κ2) is 5.46. The topological polar surface area (TPSA) is 23.5 Å². The van der Waals surface area contributed by atoms with Gasteiger partial charge in [-0.05, 0) is 31.2 Å². The maximum atomic E-state index is 9.16. The molecule has 1 heterocycles. The van der Waals surface area contributed by atoms with Crippen LogP contribution in [0.4, 0.5) is 0 Å². The van der Waals surface area contributed by atoms with E-state index in [0.717, 1.165) is 25.9 Å². The molecule has 88 valence electrons. The molecular weight excluding hydrogens is 198 g/mol. The Balaban J connectivity index is 1.82. The van der Waals surface area contributed by atoms with Crippen LogP contribution in [0.15, 0.2) is 30.3 Å². The molecule has 0 spiro atoms. The minimum absolute atomic E-state index is 0.339. The molecular formula is C14H21NO. The Morgan fingerprint density at radius 1 is 1.31 bits per heavy atom. The highest BCUT2D eigenvalue weighted by Crippen LogP contribution is 2.22. The average Bonchev–Trinajstić information content (AvgIpc) is 2.69. The monoisotopic (exact) mass is 219 g/mol. The van der Waals surface area contributed by atoms with Crippen LogP contribution in [-0.2, 0) is 6.42 Å². The molecule has 1 fully saturated rings. The summed E-state index contributed by atoms with van der Waals surface area (Å²) in [6.45, 7) is 4.78. The summed E-state index contributed by atoms with van der Waals surface area (Å²) in [5, 5.41) is 9.16. The zero-order chi connectivity index (χ0) is 11.4. The predicted molar refractivity (Wildman–Crippen MR) is 66.4 cm³/mol. The van der Waals surface area contributed by atoms with E-state index in [4.69, 9.17) is 5.11 Å². The number of benzene rings is 1. The van der Waals surface area contributed by atoms with Gasteiger partial charge in [-0.15, -0.1) is 0 Å². The van der Waals surface area contributed by atoms with Gasteiger partial charge in [0.1, 0.15) is 0 Å². The summed E-state index contributed by atoms with van der Waals surface area (Å²) in [5.74, 6) is 0.491. The van der Waals surface area contributed by atoms with Crippen molar-refractivity contribution in [1.82, 2.24) is 4.90 Å². The molecule has 0 saturated carbocycles. The quantitative estimate of drug-likeness (QED) is 0.836. The van der Waals surface area contributed by atoms with Crippen molar-refractivity contribution in [3.63, 3.8) is 0 Å². The van der Waals surface area contributed by atoms with Crippen molar-refractivity contribution >= 4 is 0 Å². The van der Waals surface area contributed by atoms with Crippen molar-refractivity contribution in [2.45, 2.75) is 25.8 Å². The van der Waals surface area contributed by atoms with Crippen LogP contribution in [-0.4, -0.2) is 35.7 Å². The molecule has 0 aliphatic carbocycles. The number of nitrogens with zero attached hydrogens (tertiary/aromatic N) is 1. The average molecular weight is 219 g/mol. The van der Waals surface area contributed by atoms with E-state index in [9.17, 15) is 0 Å². The Kier molecular flexibility index (Phi) is 3.97. The summed E-state index contributed by atoms with van der Waals surface area (Å²) in [7, 11) is 0. The minimum Gasteiger partial charge on any atom is -0.396 e. The van der Waals surface area contributed by atoms with Crippen LogP contribution in [0.25, 0.3) is 0 Å². The van der Waals surface area contributed by atoms with Gasteiger partial charge in [0.25, 0.3) is 0 Å². The Morgan fingerprint density at radius 3 is 2.69 bits per heavy atom. The molecule has 1 aromatic rings. The van der Waals surface area contributed by atoms with E-state index in [1.807, 2.05) is 0 Å². The van der Waals surface area contributed by atoms with Crippen LogP contribution in [0.3, 0.4) is 0 Å². The highest BCUT2D eigenvalue weighted by atomic mass is 16.3. The molecule has 1 aliphatic heterocycles. The Bertz CT molecular complexity index is 312. The normalized spacial score (nSPS) is 26.1. The molecule has 16 heavy (non-hydrogen) atoms. The van der Waals surface area contributed by atoms with Gasteiger partial charge in [0.2, 0.25) is 0 Å². The van der Waals surface area contributed by atoms with Crippen molar-refractivity contribution in [3.05, 3.63) is 35.9 Å². The van der Waals surface area contributed by atoms with E-state index in [1.54, 1.807) is 0 Å². The fraction of sp³-hybridized carbons (Fsp3) is 0.571. The molecule has 2 nitrogen and oxygen atoms in total. The maximum absolute atomic E-state index is 9.16. The zero-order valence-electron chi connectivity index (χ0n) is 9.97. The lowest BCUT2D eigenvalue weighted by Gasteiger charge is -2.20. The zero-order valence-corrected chi connectivity index (χ0v) is 9.97. The first-order valence-electron chi connectivity index (χ1n) is 6.18. The van der Waals surface area contributed by atoms with Crippen LogP contribution in [0.1, 0.15) is 18.9 Å². The smallest absolute Gasteiger partial charge is 0.0472 e. The second-order valence-corrected chi connectivity index (χ2v) is 4.86. The van der Waals surface area contributed by atoms with E-state index < -0.39 is 0 Å². The van der Waals surface area contributed by atoms with Crippen LogP contribution >= 0.6 is 0 Å². The standard InChI is InChI=1S/C14H21NO/c1-12-9-14(11-16)10-15(12)8-7-13-5-3-2-4-6-13/h2-6,12,14,16H,7-11H2,1H3. The van der Waals surface area contributed by atoms with Crippen LogP contribution in [0, 0.1) is 5.92 Å². The molecule has 1 saturated heterocycles. The number of hydrogen-bond acceptors (Lipinski definition) is 2. The highest BCUT2D eigenvalue weighted by molar-refractivity contribution is 5.14. The molecule has 2 rings (SSSR count). The lowest BCUT2D eigenvalue weighted by Crippen LogP contribution is -2.29. The lowest BCUT2D eigenvalue weighted by molar-refractivity contribution is 0.219. The molecule has 1 aliphatic rings. The third-order valence-electron chi connectivity index (χ3n) is 3.58. The summed E-state index contributed by atoms with van der Waals surface area (Å²) >= 11 is 0. The van der Waals surface area contributed by atoms with Crippen LogP contribution in [0.5, 0.6) is 0 Å². The number of likely N-dealkylation sites (tertiary alicyclic amines) is 1. The largest absolute Gasteiger partial charge is 0.396 e. The Labute approximate surface area is 97.9 Å². The molecule has 0 amide bonds. The molecule has 0 bridgehead atoms. The molecule has 0 aromatic heterocycles. The van der Waals surface area contributed by atoms with Crippen molar-refractivity contribution < 1.29 is 5.11 Å². The minimum atomic E-state index is 0.339. The van der Waals surface area contributed by atoms with Gasteiger partial charge in [0.15, 0.2) is 0 Å². The fourth-order valence-corrected chi connectivity index (χ4v) is 2.58. The molecule has 2 atom stereocenters. The van der Waals surface area contributed by atoms with Crippen molar-refractivity contribution in [2.75, 3.05) is 19.7 Å². The van der Waals surface area contributed by atoms with E-state index in [1.165, 1.54) is 5.56 Å². The first-order valence-corrected chi connectivity index (χ1v) is 6.18. The Hall–Kier alpha value is -0.860. The van der Waals surface area contributed by atoms with Gasteiger partial charge in [-0.25, -0.2) is 0 Å². The third kappa shape index (κ3) is 2.83. The van der Waals surface area contributed by atoms with E-state index in [0.29, 0.717) is 18.6 Å². The maximum Gasteiger partial charge on any atom is 0.0472 e. The summed E-state index contributed by atoms with van der Waals surface area (Å²) in [5.41, 5.74) is 1.40. The highest BCUT2D eigenvalue weighted by Gasteiger charge is 2.27. The number of hydrogen-bond donors (Lipinski definition) is 1. The van der Waals surface area contributed by atoms with Gasteiger partial charge in [0, 0.05) is 25.7 Å². The second-order valence-electron chi connectivity index (χ2n) is 4.86. The third-order valence-corrected chi connectivity index (χ3v) is 3.58. The number of aliphatic hydroxyl groups excluding tert-OH is 1. The van der Waals surface area contributed by atoms with Crippen LogP contribution in [0.2, 0.25) is 0 Å². The SMILES string of the molecule is CC1CC(CO)CN1CCc1ccccc1. The summed E-state index contributed by atoms with van der Waals surface area (Å²) in [6.07, 6.45) is 2.26. The van der Waals surface area contributed by atoms with Gasteiger partial charge >= 0.3 is 0 Å². The first-order chi connectivity index (χ1) is 7.79. The molecule has 2 unspecified atom stereocenters. The number of rotatable bonds is 4. The Morgan fingerprint density at radius 2 is 2.06 bits per heavy atom. The summed E-state index contributed by atoms with van der Waals surface area (Å²) in [6, 6.07) is 11.2. The van der Waals surface area contributed by atoms with Crippen molar-refractivity contribution in [1.29, 1.82) is 0 Å². The lowest BCUT2D eigenvalue weighted by atomic mass is 10.1. The first kappa shape index (κ1) is 11.6. The molecule has 0 radical (unpaired) electrons.